The van der Waals surface area contributed by atoms with E-state index >= 15 is 0 Å². The van der Waals surface area contributed by atoms with E-state index in [1.54, 1.807) is 0 Å². The summed E-state index contributed by atoms with van der Waals surface area (Å²) in [6.07, 6.45) is 5.38. The van der Waals surface area contributed by atoms with Crippen LogP contribution in [0.25, 0.3) is 0 Å². The SMILES string of the molecule is CNC(Cc1sccc1Br)C1CCC(C)C1. The predicted molar refractivity (Wildman–Crippen MR) is 75.1 cm³/mol. The monoisotopic (exact) mass is 301 g/mol. The summed E-state index contributed by atoms with van der Waals surface area (Å²) in [5, 5.41) is 5.69. The minimum Gasteiger partial charge on any atom is -0.316 e. The number of hydrogen-bond donors (Lipinski definition) is 1. The maximum Gasteiger partial charge on any atom is 0.0314 e. The van der Waals surface area contributed by atoms with E-state index in [1.165, 1.54) is 35.0 Å². The molecule has 0 aromatic carbocycles. The Hall–Kier alpha value is 0.140. The highest BCUT2D eigenvalue weighted by molar-refractivity contribution is 9.10. The van der Waals surface area contributed by atoms with Crippen molar-refractivity contribution in [3.8, 4) is 0 Å². The van der Waals surface area contributed by atoms with Crippen LogP contribution in [-0.2, 0) is 6.42 Å². The molecule has 0 saturated heterocycles. The molecule has 1 fully saturated rings. The minimum absolute atomic E-state index is 0.653. The highest BCUT2D eigenvalue weighted by atomic mass is 79.9. The highest BCUT2D eigenvalue weighted by Crippen LogP contribution is 2.35. The molecule has 1 aromatic rings. The minimum atomic E-state index is 0.653. The Morgan fingerprint density at radius 1 is 1.56 bits per heavy atom. The van der Waals surface area contributed by atoms with Gasteiger partial charge in [0.1, 0.15) is 0 Å². The van der Waals surface area contributed by atoms with Crippen molar-refractivity contribution < 1.29 is 0 Å². The lowest BCUT2D eigenvalue weighted by molar-refractivity contribution is 0.369. The van der Waals surface area contributed by atoms with Gasteiger partial charge in [0.05, 0.1) is 0 Å². The van der Waals surface area contributed by atoms with Gasteiger partial charge in [-0.15, -0.1) is 11.3 Å². The molecule has 0 bridgehead atoms. The predicted octanol–water partition coefficient (Wildman–Crippen LogP) is 4.08. The van der Waals surface area contributed by atoms with Crippen molar-refractivity contribution in [2.24, 2.45) is 11.8 Å². The average molecular weight is 302 g/mol. The van der Waals surface area contributed by atoms with Crippen LogP contribution in [0.2, 0.25) is 0 Å². The van der Waals surface area contributed by atoms with Crippen LogP contribution < -0.4 is 5.32 Å². The standard InChI is InChI=1S/C13H20BrNS/c1-9-3-4-10(7-9)12(15-2)8-13-11(14)5-6-16-13/h5-6,9-10,12,15H,3-4,7-8H2,1-2H3. The molecule has 3 atom stereocenters. The van der Waals surface area contributed by atoms with Crippen molar-refractivity contribution in [3.63, 3.8) is 0 Å². The van der Waals surface area contributed by atoms with Gasteiger partial charge in [-0.1, -0.05) is 13.3 Å². The van der Waals surface area contributed by atoms with Crippen LogP contribution in [-0.4, -0.2) is 13.1 Å². The van der Waals surface area contributed by atoms with Gasteiger partial charge in [0.2, 0.25) is 0 Å². The molecule has 0 radical (unpaired) electrons. The molecular weight excluding hydrogens is 282 g/mol. The molecule has 0 spiro atoms. The summed E-state index contributed by atoms with van der Waals surface area (Å²) in [5.41, 5.74) is 0. The van der Waals surface area contributed by atoms with Crippen LogP contribution >= 0.6 is 27.3 Å². The number of hydrogen-bond acceptors (Lipinski definition) is 2. The number of rotatable bonds is 4. The Balaban J connectivity index is 1.98. The molecule has 3 heteroatoms. The van der Waals surface area contributed by atoms with Crippen molar-refractivity contribution in [2.45, 2.75) is 38.6 Å². The van der Waals surface area contributed by atoms with Gasteiger partial charge < -0.3 is 5.32 Å². The fraction of sp³-hybridized carbons (Fsp3) is 0.692. The van der Waals surface area contributed by atoms with Crippen LogP contribution in [0.1, 0.15) is 31.1 Å². The first kappa shape index (κ1) is 12.6. The fourth-order valence-electron chi connectivity index (χ4n) is 2.79. The molecule has 0 aliphatic heterocycles. The zero-order valence-electron chi connectivity index (χ0n) is 10.0. The van der Waals surface area contributed by atoms with Crippen LogP contribution in [0, 0.1) is 11.8 Å². The first-order chi connectivity index (χ1) is 7.70. The summed E-state index contributed by atoms with van der Waals surface area (Å²) in [6.45, 7) is 2.38. The third-order valence-electron chi connectivity index (χ3n) is 3.77. The number of halogens is 1. The van der Waals surface area contributed by atoms with E-state index in [4.69, 9.17) is 0 Å². The Morgan fingerprint density at radius 2 is 2.38 bits per heavy atom. The zero-order valence-corrected chi connectivity index (χ0v) is 12.4. The first-order valence-corrected chi connectivity index (χ1v) is 7.77. The molecule has 1 nitrogen and oxygen atoms in total. The average Bonchev–Trinajstić information content (AvgIpc) is 2.85. The van der Waals surface area contributed by atoms with Gasteiger partial charge in [0.25, 0.3) is 0 Å². The Bertz CT molecular complexity index is 336. The van der Waals surface area contributed by atoms with E-state index in [1.807, 2.05) is 11.3 Å². The summed E-state index contributed by atoms with van der Waals surface area (Å²) in [6, 6.07) is 2.81. The Morgan fingerprint density at radius 3 is 2.88 bits per heavy atom. The summed E-state index contributed by atoms with van der Waals surface area (Å²) in [5.74, 6) is 1.79. The molecule has 1 N–H and O–H groups in total. The van der Waals surface area contributed by atoms with Crippen molar-refractivity contribution >= 4 is 27.3 Å². The van der Waals surface area contributed by atoms with Crippen LogP contribution in [0.15, 0.2) is 15.9 Å². The van der Waals surface area contributed by atoms with Crippen molar-refractivity contribution in [2.75, 3.05) is 7.05 Å². The van der Waals surface area contributed by atoms with Gasteiger partial charge in [-0.05, 0) is 65.5 Å². The summed E-state index contributed by atoms with van der Waals surface area (Å²) < 4.78 is 1.28. The van der Waals surface area contributed by atoms with Crippen LogP contribution in [0.4, 0.5) is 0 Å². The summed E-state index contributed by atoms with van der Waals surface area (Å²) in [7, 11) is 2.11. The second-order valence-corrected chi connectivity index (χ2v) is 6.82. The van der Waals surface area contributed by atoms with Crippen molar-refractivity contribution in [3.05, 3.63) is 20.8 Å². The lowest BCUT2D eigenvalue weighted by Gasteiger charge is -2.22. The summed E-state index contributed by atoms with van der Waals surface area (Å²) >= 11 is 5.49. The second-order valence-electron chi connectivity index (χ2n) is 4.97. The molecule has 1 saturated carbocycles. The van der Waals surface area contributed by atoms with E-state index in [-0.39, 0.29) is 0 Å². The molecule has 1 heterocycles. The van der Waals surface area contributed by atoms with Crippen molar-refractivity contribution in [1.29, 1.82) is 0 Å². The van der Waals surface area contributed by atoms with Crippen molar-refractivity contribution in [1.82, 2.24) is 5.32 Å². The molecule has 2 rings (SSSR count). The second kappa shape index (κ2) is 5.65. The molecule has 1 aliphatic rings. The molecular formula is C13H20BrNS. The lowest BCUT2D eigenvalue weighted by Crippen LogP contribution is -2.34. The smallest absolute Gasteiger partial charge is 0.0314 e. The fourth-order valence-corrected chi connectivity index (χ4v) is 4.37. The largest absolute Gasteiger partial charge is 0.316 e. The summed E-state index contributed by atoms with van der Waals surface area (Å²) in [4.78, 5) is 1.49. The lowest BCUT2D eigenvalue weighted by atomic mass is 9.94. The molecule has 16 heavy (non-hydrogen) atoms. The number of likely N-dealkylation sites (N-methyl/N-ethyl adjacent to an activating group) is 1. The maximum absolute atomic E-state index is 3.63. The highest BCUT2D eigenvalue weighted by Gasteiger charge is 2.28. The maximum atomic E-state index is 3.63. The van der Waals surface area contributed by atoms with E-state index < -0.39 is 0 Å². The van der Waals surface area contributed by atoms with E-state index in [0.717, 1.165) is 11.8 Å². The van der Waals surface area contributed by atoms with Gasteiger partial charge in [0.15, 0.2) is 0 Å². The Labute approximate surface area is 111 Å². The van der Waals surface area contributed by atoms with Crippen LogP contribution in [0.3, 0.4) is 0 Å². The number of nitrogens with one attached hydrogen (secondary N) is 1. The number of thiophene rings is 1. The van der Waals surface area contributed by atoms with Gasteiger partial charge in [-0.2, -0.15) is 0 Å². The third-order valence-corrected chi connectivity index (χ3v) is 5.72. The zero-order chi connectivity index (χ0) is 11.5. The van der Waals surface area contributed by atoms with E-state index in [0.29, 0.717) is 6.04 Å². The van der Waals surface area contributed by atoms with Gasteiger partial charge in [-0.3, -0.25) is 0 Å². The van der Waals surface area contributed by atoms with Crippen LogP contribution in [0.5, 0.6) is 0 Å². The molecule has 90 valence electrons. The van der Waals surface area contributed by atoms with E-state index in [9.17, 15) is 0 Å². The molecule has 1 aliphatic carbocycles. The van der Waals surface area contributed by atoms with Gasteiger partial charge in [0, 0.05) is 15.4 Å². The Kier molecular flexibility index (Phi) is 4.45. The molecule has 3 unspecified atom stereocenters. The topological polar surface area (TPSA) is 12.0 Å². The van der Waals surface area contributed by atoms with E-state index in [2.05, 4.69) is 46.7 Å². The normalized spacial score (nSPS) is 27.2. The third kappa shape index (κ3) is 2.88. The quantitative estimate of drug-likeness (QED) is 0.884. The molecule has 1 aromatic heterocycles. The van der Waals surface area contributed by atoms with Gasteiger partial charge in [-0.25, -0.2) is 0 Å². The molecule has 0 amide bonds. The van der Waals surface area contributed by atoms with Gasteiger partial charge >= 0.3 is 0 Å². The first-order valence-electron chi connectivity index (χ1n) is 6.09.